The lowest BCUT2D eigenvalue weighted by Crippen LogP contribution is -2.20. The van der Waals surface area contributed by atoms with E-state index >= 15 is 0 Å². The number of rotatable bonds is 8. The molecule has 7 heteroatoms. The lowest BCUT2D eigenvalue weighted by molar-refractivity contribution is 0.146. The van der Waals surface area contributed by atoms with Crippen molar-refractivity contribution >= 4 is 17.4 Å². The molecule has 2 N–H and O–H groups in total. The maximum atomic E-state index is 12.6. The minimum Gasteiger partial charge on any atom is -0.491 e. The first-order valence-corrected chi connectivity index (χ1v) is 10.4. The van der Waals surface area contributed by atoms with Gasteiger partial charge in [-0.1, -0.05) is 45.0 Å². The van der Waals surface area contributed by atoms with Gasteiger partial charge in [-0.25, -0.2) is 9.78 Å². The second kappa shape index (κ2) is 10.6. The zero-order valence-electron chi connectivity index (χ0n) is 18.8. The number of carbonyl (C=O) groups excluding carboxylic acids is 1. The fourth-order valence-corrected chi connectivity index (χ4v) is 3.04. The molecule has 3 aromatic rings. The first-order valence-electron chi connectivity index (χ1n) is 10.4. The summed E-state index contributed by atoms with van der Waals surface area (Å²) < 4.78 is 16.7. The summed E-state index contributed by atoms with van der Waals surface area (Å²) in [5.41, 5.74) is 2.00. The van der Waals surface area contributed by atoms with E-state index < -0.39 is 6.03 Å². The molecule has 3 rings (SSSR count). The summed E-state index contributed by atoms with van der Waals surface area (Å²) in [5, 5.41) is 5.61. The number of amides is 2. The fraction of sp³-hybridized carbons (Fsp3) is 0.280. The summed E-state index contributed by atoms with van der Waals surface area (Å²) in [6, 6.07) is 18.0. The van der Waals surface area contributed by atoms with Crippen molar-refractivity contribution in [3.8, 4) is 17.4 Å². The van der Waals surface area contributed by atoms with Gasteiger partial charge in [0, 0.05) is 30.6 Å². The van der Waals surface area contributed by atoms with E-state index in [1.807, 2.05) is 30.3 Å². The molecule has 0 radical (unpaired) electrons. The first kappa shape index (κ1) is 23.1. The van der Waals surface area contributed by atoms with Crippen molar-refractivity contribution in [2.24, 2.45) is 0 Å². The van der Waals surface area contributed by atoms with Crippen LogP contribution < -0.4 is 20.1 Å². The van der Waals surface area contributed by atoms with Crippen molar-refractivity contribution in [2.45, 2.75) is 26.2 Å². The molecule has 0 saturated heterocycles. The number of nitrogens with one attached hydrogen (secondary N) is 2. The van der Waals surface area contributed by atoms with Crippen molar-refractivity contribution in [2.75, 3.05) is 31.0 Å². The van der Waals surface area contributed by atoms with Crippen LogP contribution in [0.1, 0.15) is 26.3 Å². The highest BCUT2D eigenvalue weighted by molar-refractivity contribution is 6.00. The van der Waals surface area contributed by atoms with Gasteiger partial charge in [-0.3, -0.25) is 0 Å². The number of methoxy groups -OCH3 is 1. The molecule has 1 aromatic heterocycles. The molecule has 0 bridgehead atoms. The zero-order chi connectivity index (χ0) is 23.0. The van der Waals surface area contributed by atoms with Gasteiger partial charge in [0.15, 0.2) is 0 Å². The number of pyridine rings is 1. The molecule has 0 aliphatic heterocycles. The third kappa shape index (κ3) is 6.46. The van der Waals surface area contributed by atoms with Gasteiger partial charge < -0.3 is 24.8 Å². The summed E-state index contributed by atoms with van der Waals surface area (Å²) in [6.45, 7) is 7.27. The van der Waals surface area contributed by atoms with Crippen LogP contribution in [0.2, 0.25) is 0 Å². The molecule has 32 heavy (non-hydrogen) atoms. The zero-order valence-corrected chi connectivity index (χ0v) is 18.8. The second-order valence-corrected chi connectivity index (χ2v) is 8.15. The van der Waals surface area contributed by atoms with Gasteiger partial charge in [0.25, 0.3) is 0 Å². The van der Waals surface area contributed by atoms with Crippen molar-refractivity contribution in [3.63, 3.8) is 0 Å². The van der Waals surface area contributed by atoms with Gasteiger partial charge in [-0.05, 0) is 35.7 Å². The molecule has 2 amide bonds. The van der Waals surface area contributed by atoms with Gasteiger partial charge in [0.05, 0.1) is 6.61 Å². The highest BCUT2D eigenvalue weighted by Gasteiger charge is 2.20. The first-order chi connectivity index (χ1) is 15.4. The molecule has 0 aliphatic carbocycles. The molecule has 7 nitrogen and oxygen atoms in total. The third-order valence-corrected chi connectivity index (χ3v) is 4.57. The van der Waals surface area contributed by atoms with Gasteiger partial charge >= 0.3 is 6.03 Å². The van der Waals surface area contributed by atoms with Crippen LogP contribution in [0.25, 0.3) is 0 Å². The highest BCUT2D eigenvalue weighted by Crippen LogP contribution is 2.35. The molecule has 168 valence electrons. The predicted molar refractivity (Wildman–Crippen MR) is 126 cm³/mol. The van der Waals surface area contributed by atoms with E-state index in [1.54, 1.807) is 43.6 Å². The molecule has 0 spiro atoms. The Morgan fingerprint density at radius 3 is 2.56 bits per heavy atom. The summed E-state index contributed by atoms with van der Waals surface area (Å²) in [7, 11) is 1.61. The van der Waals surface area contributed by atoms with Gasteiger partial charge in [-0.2, -0.15) is 0 Å². The maximum Gasteiger partial charge on any atom is 0.323 e. The monoisotopic (exact) mass is 435 g/mol. The average molecular weight is 436 g/mol. The third-order valence-electron chi connectivity index (χ3n) is 4.57. The Labute approximate surface area is 188 Å². The highest BCUT2D eigenvalue weighted by atomic mass is 16.5. The summed E-state index contributed by atoms with van der Waals surface area (Å²) >= 11 is 0. The van der Waals surface area contributed by atoms with Crippen LogP contribution in [0.4, 0.5) is 16.2 Å². The number of benzene rings is 2. The van der Waals surface area contributed by atoms with Crippen LogP contribution in [-0.2, 0) is 10.2 Å². The molecule has 0 atom stereocenters. The molecule has 0 unspecified atom stereocenters. The summed E-state index contributed by atoms with van der Waals surface area (Å²) in [6.07, 6.45) is 1.62. The molecular formula is C25H29N3O4. The van der Waals surface area contributed by atoms with E-state index in [1.165, 1.54) is 0 Å². The van der Waals surface area contributed by atoms with Crippen LogP contribution in [0.5, 0.6) is 17.4 Å². The number of hydrogen-bond donors (Lipinski definition) is 2. The Morgan fingerprint density at radius 1 is 0.969 bits per heavy atom. The Hall–Kier alpha value is -3.58. The van der Waals surface area contributed by atoms with E-state index in [2.05, 4.69) is 36.4 Å². The Morgan fingerprint density at radius 2 is 1.78 bits per heavy atom. The summed E-state index contributed by atoms with van der Waals surface area (Å²) in [5.74, 6) is 1.66. The quantitative estimate of drug-likeness (QED) is 0.434. The average Bonchev–Trinajstić information content (AvgIpc) is 2.75. The molecule has 0 saturated carbocycles. The number of hydrogen-bond acceptors (Lipinski definition) is 5. The lowest BCUT2D eigenvalue weighted by atomic mass is 9.86. The number of anilines is 2. The summed E-state index contributed by atoms with van der Waals surface area (Å²) in [4.78, 5) is 16.9. The van der Waals surface area contributed by atoms with E-state index in [0.717, 1.165) is 5.56 Å². The second-order valence-electron chi connectivity index (χ2n) is 8.15. The smallest absolute Gasteiger partial charge is 0.323 e. The minimum atomic E-state index is -0.416. The Bertz CT molecular complexity index is 1050. The number of nitrogens with zero attached hydrogens (tertiary/aromatic N) is 1. The minimum absolute atomic E-state index is 0.104. The van der Waals surface area contributed by atoms with Crippen LogP contribution in [0.3, 0.4) is 0 Å². The van der Waals surface area contributed by atoms with Crippen LogP contribution in [0.15, 0.2) is 66.9 Å². The lowest BCUT2D eigenvalue weighted by Gasteiger charge is -2.22. The van der Waals surface area contributed by atoms with Gasteiger partial charge in [0.2, 0.25) is 5.88 Å². The number of carbonyl (C=O) groups is 1. The Balaban J connectivity index is 1.71. The van der Waals surface area contributed by atoms with Gasteiger partial charge in [-0.15, -0.1) is 0 Å². The predicted octanol–water partition coefficient (Wildman–Crippen LogP) is 5.84. The van der Waals surface area contributed by atoms with Crippen molar-refractivity contribution in [1.29, 1.82) is 0 Å². The van der Waals surface area contributed by atoms with Crippen LogP contribution in [0, 0.1) is 0 Å². The molecular weight excluding hydrogens is 406 g/mol. The van der Waals surface area contributed by atoms with E-state index in [0.29, 0.717) is 42.0 Å². The van der Waals surface area contributed by atoms with Crippen LogP contribution in [-0.4, -0.2) is 31.3 Å². The Kier molecular flexibility index (Phi) is 7.68. The van der Waals surface area contributed by atoms with Crippen molar-refractivity contribution in [3.05, 3.63) is 72.4 Å². The molecule has 1 heterocycles. The molecule has 0 aliphatic rings. The number of ether oxygens (including phenoxy) is 3. The van der Waals surface area contributed by atoms with E-state index in [4.69, 9.17) is 14.2 Å². The van der Waals surface area contributed by atoms with Crippen LogP contribution >= 0.6 is 0 Å². The van der Waals surface area contributed by atoms with Crippen molar-refractivity contribution in [1.82, 2.24) is 4.98 Å². The number of para-hydroxylation sites is 1. The molecule has 0 fully saturated rings. The normalized spacial score (nSPS) is 11.0. The standard InChI is InChI=1S/C25H29N3O4/c1-25(2,3)20-11-5-6-13-22(20)32-23-21(12-8-14-26-23)28-24(29)27-18-9-7-10-19(17-18)31-16-15-30-4/h5-14,17H,15-16H2,1-4H3,(H2,27,28,29). The number of aromatic nitrogens is 1. The largest absolute Gasteiger partial charge is 0.491 e. The number of urea groups is 1. The topological polar surface area (TPSA) is 81.7 Å². The fourth-order valence-electron chi connectivity index (χ4n) is 3.04. The SMILES string of the molecule is COCCOc1cccc(NC(=O)Nc2cccnc2Oc2ccccc2C(C)(C)C)c1. The maximum absolute atomic E-state index is 12.6. The van der Waals surface area contributed by atoms with Gasteiger partial charge in [0.1, 0.15) is 23.8 Å². The van der Waals surface area contributed by atoms with E-state index in [9.17, 15) is 4.79 Å². The van der Waals surface area contributed by atoms with Crippen molar-refractivity contribution < 1.29 is 19.0 Å². The van der Waals surface area contributed by atoms with E-state index in [-0.39, 0.29) is 5.41 Å². The molecule has 2 aromatic carbocycles.